The van der Waals surface area contributed by atoms with Gasteiger partial charge in [-0.25, -0.2) is 0 Å². The zero-order valence-corrected chi connectivity index (χ0v) is 16.9. The number of hydrogen-bond donors (Lipinski definition) is 4. The lowest BCUT2D eigenvalue weighted by Crippen LogP contribution is -2.33. The summed E-state index contributed by atoms with van der Waals surface area (Å²) in [6.07, 6.45) is -1.13. The van der Waals surface area contributed by atoms with Crippen LogP contribution in [0.1, 0.15) is 5.48 Å². The van der Waals surface area contributed by atoms with Crippen molar-refractivity contribution < 1.29 is 29.9 Å². The van der Waals surface area contributed by atoms with Crippen LogP contribution in [0.25, 0.3) is 21.8 Å². The van der Waals surface area contributed by atoms with Crippen LogP contribution in [0.5, 0.6) is 23.0 Å². The average molecular weight is 427 g/mol. The fraction of sp³-hybridized carbons (Fsp3) is 0.250. The van der Waals surface area contributed by atoms with Gasteiger partial charge in [0.1, 0.15) is 30.8 Å². The second kappa shape index (κ2) is 9.59. The molecule has 0 amide bonds. The van der Waals surface area contributed by atoms with E-state index >= 15 is 0 Å². The first-order valence-electron chi connectivity index (χ1n) is 11.7. The van der Waals surface area contributed by atoms with E-state index in [0.29, 0.717) is 5.75 Å². The van der Waals surface area contributed by atoms with Crippen LogP contribution in [0.15, 0.2) is 60.7 Å². The van der Waals surface area contributed by atoms with Crippen LogP contribution in [0.2, 0.25) is 0 Å². The number of aliphatic hydroxyl groups is 1. The number of aromatic amines is 1. The number of phenols is 1. The first-order valence-corrected chi connectivity index (χ1v) is 9.72. The molecule has 7 heteroatoms. The lowest BCUT2D eigenvalue weighted by atomic mass is 10.1. The predicted octanol–water partition coefficient (Wildman–Crippen LogP) is 3.44. The molecule has 1 aromatic heterocycles. The number of ether oxygens (including phenoxy) is 3. The predicted molar refractivity (Wildman–Crippen MR) is 120 cm³/mol. The summed E-state index contributed by atoms with van der Waals surface area (Å²) in [6.45, 7) is -5.97. The Hall–Kier alpha value is -3.42. The number of hydrogen-bond acceptors (Lipinski definition) is 6. The molecule has 162 valence electrons. The maximum atomic E-state index is 10.4. The van der Waals surface area contributed by atoms with Crippen molar-refractivity contribution in [2.75, 3.05) is 33.3 Å². The molecule has 3 aromatic carbocycles. The van der Waals surface area contributed by atoms with Gasteiger partial charge in [-0.15, -0.1) is 0 Å². The normalized spacial score (nSPS) is 15.0. The minimum Gasteiger partial charge on any atom is -0.508 e. The standard InChI is InChI=1S/C24H26N2O5/c1-29-23-13-16(27)9-10-21(23)30-12-11-25-14-17(28)15-31-22-8-4-7-20-24(22)18-5-2-3-6-19(18)26-20/h2-10,13,17,25-28H,11-12,14-15H2,1H3/t17-/m0/s1/i11D2,12D2. The molecule has 0 radical (unpaired) electrons. The highest BCUT2D eigenvalue weighted by molar-refractivity contribution is 6.10. The Kier molecular flexibility index (Phi) is 5.04. The van der Waals surface area contributed by atoms with Crippen molar-refractivity contribution in [1.82, 2.24) is 10.3 Å². The molecule has 0 aliphatic heterocycles. The summed E-state index contributed by atoms with van der Waals surface area (Å²) in [5, 5.41) is 24.2. The largest absolute Gasteiger partial charge is 0.508 e. The Labute approximate surface area is 185 Å². The highest BCUT2D eigenvalue weighted by atomic mass is 16.5. The molecule has 0 aliphatic carbocycles. The van der Waals surface area contributed by atoms with Gasteiger partial charge in [0.25, 0.3) is 0 Å². The summed E-state index contributed by atoms with van der Waals surface area (Å²) in [7, 11) is 1.32. The molecular formula is C24H26N2O5. The number of nitrogens with one attached hydrogen (secondary N) is 2. The minimum absolute atomic E-state index is 0.0459. The van der Waals surface area contributed by atoms with Crippen molar-refractivity contribution in [2.45, 2.75) is 6.10 Å². The number of aromatic nitrogens is 1. The van der Waals surface area contributed by atoms with E-state index in [-0.39, 0.29) is 30.4 Å². The van der Waals surface area contributed by atoms with Crippen molar-refractivity contribution in [3.05, 3.63) is 60.7 Å². The third kappa shape index (κ3) is 4.84. The van der Waals surface area contributed by atoms with Crippen LogP contribution < -0.4 is 19.5 Å². The lowest BCUT2D eigenvalue weighted by Gasteiger charge is -2.15. The highest BCUT2D eigenvalue weighted by Crippen LogP contribution is 2.33. The molecule has 1 heterocycles. The highest BCUT2D eigenvalue weighted by Gasteiger charge is 2.11. The topological polar surface area (TPSA) is 96.0 Å². The Morgan fingerprint density at radius 1 is 1.00 bits per heavy atom. The zero-order chi connectivity index (χ0) is 25.2. The van der Waals surface area contributed by atoms with Crippen molar-refractivity contribution in [2.24, 2.45) is 0 Å². The van der Waals surface area contributed by atoms with E-state index < -0.39 is 19.2 Å². The number of aromatic hydroxyl groups is 1. The summed E-state index contributed by atoms with van der Waals surface area (Å²) in [4.78, 5) is 3.32. The van der Waals surface area contributed by atoms with E-state index in [1.54, 1.807) is 6.07 Å². The van der Waals surface area contributed by atoms with Crippen molar-refractivity contribution in [3.8, 4) is 23.0 Å². The quantitative estimate of drug-likeness (QED) is 0.310. The van der Waals surface area contributed by atoms with Crippen molar-refractivity contribution >= 4 is 21.8 Å². The number of H-pyrrole nitrogens is 1. The van der Waals surface area contributed by atoms with Crippen LogP contribution in [0.3, 0.4) is 0 Å². The van der Waals surface area contributed by atoms with E-state index in [4.69, 9.17) is 19.7 Å². The molecular weight excluding hydrogens is 396 g/mol. The summed E-state index contributed by atoms with van der Waals surface area (Å²) in [5.41, 5.74) is 1.85. The lowest BCUT2D eigenvalue weighted by molar-refractivity contribution is 0.106. The van der Waals surface area contributed by atoms with E-state index in [1.165, 1.54) is 25.3 Å². The van der Waals surface area contributed by atoms with Crippen LogP contribution in [-0.4, -0.2) is 54.6 Å². The van der Waals surface area contributed by atoms with Gasteiger partial charge in [-0.05, 0) is 30.3 Å². The van der Waals surface area contributed by atoms with Gasteiger partial charge in [0.05, 0.1) is 15.4 Å². The summed E-state index contributed by atoms with van der Waals surface area (Å²) >= 11 is 0. The SMILES string of the molecule is [2H]C([2H])(NC[C@H](O)COc1cccc2[nH]c3ccccc3c12)C([2H])([2H])Oc1ccc(O)cc1OC. The van der Waals surface area contributed by atoms with Gasteiger partial charge in [-0.3, -0.25) is 0 Å². The molecule has 1 atom stereocenters. The maximum absolute atomic E-state index is 10.4. The van der Waals surface area contributed by atoms with Gasteiger partial charge in [-0.2, -0.15) is 0 Å². The summed E-state index contributed by atoms with van der Waals surface area (Å²) in [5.74, 6) is 0.420. The van der Waals surface area contributed by atoms with Gasteiger partial charge in [-0.1, -0.05) is 24.3 Å². The Balaban J connectivity index is 1.39. The number of para-hydroxylation sites is 1. The second-order valence-corrected chi connectivity index (χ2v) is 6.86. The average Bonchev–Trinajstić information content (AvgIpc) is 3.21. The third-order valence-electron chi connectivity index (χ3n) is 4.71. The second-order valence-electron chi connectivity index (χ2n) is 6.86. The van der Waals surface area contributed by atoms with Gasteiger partial charge in [0.15, 0.2) is 11.5 Å². The Morgan fingerprint density at radius 2 is 1.84 bits per heavy atom. The van der Waals surface area contributed by atoms with Crippen LogP contribution in [0.4, 0.5) is 0 Å². The molecule has 31 heavy (non-hydrogen) atoms. The number of aliphatic hydroxyl groups excluding tert-OH is 1. The maximum Gasteiger partial charge on any atom is 0.164 e. The molecule has 0 saturated carbocycles. The first-order chi connectivity index (χ1) is 16.6. The van der Waals surface area contributed by atoms with Crippen LogP contribution in [0, 0.1) is 0 Å². The third-order valence-corrected chi connectivity index (χ3v) is 4.71. The minimum atomic E-state index is -2.84. The molecule has 0 unspecified atom stereocenters. The molecule has 0 fully saturated rings. The molecule has 4 aromatic rings. The van der Waals surface area contributed by atoms with Crippen molar-refractivity contribution in [3.63, 3.8) is 0 Å². The number of fused-ring (bicyclic) bond motifs is 3. The molecule has 7 nitrogen and oxygen atoms in total. The molecule has 4 N–H and O–H groups in total. The number of methoxy groups -OCH3 is 1. The first kappa shape index (κ1) is 16.3. The molecule has 0 aliphatic rings. The smallest absolute Gasteiger partial charge is 0.164 e. The van der Waals surface area contributed by atoms with E-state index in [1.807, 2.05) is 36.4 Å². The van der Waals surface area contributed by atoms with Crippen LogP contribution in [-0.2, 0) is 0 Å². The van der Waals surface area contributed by atoms with E-state index in [2.05, 4.69) is 10.3 Å². The molecule has 0 spiro atoms. The molecule has 0 bridgehead atoms. The van der Waals surface area contributed by atoms with Crippen molar-refractivity contribution in [1.29, 1.82) is 0 Å². The van der Waals surface area contributed by atoms with Gasteiger partial charge in [0.2, 0.25) is 0 Å². The molecule has 0 saturated heterocycles. The molecule has 4 rings (SSSR count). The number of rotatable bonds is 10. The van der Waals surface area contributed by atoms with Crippen LogP contribution >= 0.6 is 0 Å². The van der Waals surface area contributed by atoms with Gasteiger partial charge < -0.3 is 34.7 Å². The monoisotopic (exact) mass is 426 g/mol. The fourth-order valence-electron chi connectivity index (χ4n) is 3.26. The number of phenolic OH excluding ortho intramolecular Hbond substituents is 1. The van der Waals surface area contributed by atoms with Gasteiger partial charge in [0, 0.05) is 38.1 Å². The van der Waals surface area contributed by atoms with Gasteiger partial charge >= 0.3 is 0 Å². The number of benzene rings is 3. The summed E-state index contributed by atoms with van der Waals surface area (Å²) in [6, 6.07) is 17.1. The summed E-state index contributed by atoms with van der Waals surface area (Å²) < 4.78 is 48.6. The fourth-order valence-corrected chi connectivity index (χ4v) is 3.26. The van der Waals surface area contributed by atoms with E-state index in [9.17, 15) is 10.2 Å². The zero-order valence-electron chi connectivity index (χ0n) is 20.9. The van der Waals surface area contributed by atoms with E-state index in [0.717, 1.165) is 21.8 Å². The Bertz CT molecular complexity index is 1330. The Morgan fingerprint density at radius 3 is 2.71 bits per heavy atom.